The molecule has 68 valence electrons. The van der Waals surface area contributed by atoms with Crippen molar-refractivity contribution in [2.45, 2.75) is 0 Å². The molecule has 0 aliphatic carbocycles. The molecule has 0 aromatic rings. The lowest BCUT2D eigenvalue weighted by molar-refractivity contribution is -0.137. The molecule has 0 rings (SSSR count). The number of rotatable bonds is 3. The van der Waals surface area contributed by atoms with E-state index in [1.165, 1.54) is 0 Å². The zero-order valence-electron chi connectivity index (χ0n) is 5.97. The lowest BCUT2D eigenvalue weighted by atomic mass is 10.7. The molecule has 6 N–H and O–H groups in total. The van der Waals surface area contributed by atoms with Crippen LogP contribution in [0.25, 0.3) is 0 Å². The molecule has 0 bridgehead atoms. The molecule has 0 spiro atoms. The Bertz CT molecular complexity index is 177. The predicted molar refractivity (Wildman–Crippen MR) is 37.3 cm³/mol. The normalized spacial score (nSPS) is 10.9. The van der Waals surface area contributed by atoms with Crippen molar-refractivity contribution in [1.82, 2.24) is 10.8 Å². The van der Waals surface area contributed by atoms with E-state index in [4.69, 9.17) is 14.9 Å². The monoisotopic (exact) mass is 186 g/mol. The first-order valence-corrected chi connectivity index (χ1v) is 3.89. The van der Waals surface area contributed by atoms with E-state index in [0.717, 1.165) is 7.05 Å². The molecule has 0 heterocycles. The summed E-state index contributed by atoms with van der Waals surface area (Å²) in [6.07, 6.45) is 0. The molecule has 0 aromatic carbocycles. The number of carboxylic acid groups (broad SMARTS) is 1. The molecule has 0 aromatic heterocycles. The Balaban J connectivity index is 0. The molecular weight excluding hydrogens is 175 g/mol. The summed E-state index contributed by atoms with van der Waals surface area (Å²) in [6.45, 7) is -0.662. The first-order valence-electron chi connectivity index (χ1n) is 2.33. The van der Waals surface area contributed by atoms with Gasteiger partial charge in [0.1, 0.15) is 6.54 Å². The average molecular weight is 186 g/mol. The van der Waals surface area contributed by atoms with Crippen LogP contribution in [0.5, 0.6) is 0 Å². The smallest absolute Gasteiger partial charge is 0.403 e. The van der Waals surface area contributed by atoms with Gasteiger partial charge in [-0.25, -0.2) is 9.24 Å². The van der Waals surface area contributed by atoms with Crippen LogP contribution in [-0.4, -0.2) is 39.1 Å². The van der Waals surface area contributed by atoms with E-state index in [1.54, 1.807) is 0 Å². The molecular formula is C3H11N2O5P. The Labute approximate surface area is 63.4 Å². The number of likely N-dealkylation sites (N-methyl/N-ethyl adjacent to an activating group) is 1. The van der Waals surface area contributed by atoms with Crippen molar-refractivity contribution in [3.63, 3.8) is 0 Å². The van der Waals surface area contributed by atoms with Gasteiger partial charge in [0.2, 0.25) is 0 Å². The van der Waals surface area contributed by atoms with Crippen LogP contribution in [0.2, 0.25) is 0 Å². The fourth-order valence-electron chi connectivity index (χ4n) is 0.288. The summed E-state index contributed by atoms with van der Waals surface area (Å²) in [5.41, 5.74) is 0. The lowest BCUT2D eigenvalue weighted by Crippen LogP contribution is -2.22. The zero-order chi connectivity index (χ0) is 8.36. The molecule has 0 radical (unpaired) electrons. The summed E-state index contributed by atoms with van der Waals surface area (Å²) >= 11 is 0. The van der Waals surface area contributed by atoms with Crippen molar-refractivity contribution in [3.8, 4) is 0 Å². The Hall–Kier alpha value is -0.460. The Morgan fingerprint density at radius 1 is 1.55 bits per heavy atom. The van der Waals surface area contributed by atoms with Crippen molar-refractivity contribution in [1.29, 1.82) is 0 Å². The number of carboxylic acids is 1. The van der Waals surface area contributed by atoms with E-state index in [1.807, 2.05) is 0 Å². The van der Waals surface area contributed by atoms with Gasteiger partial charge in [-0.15, -0.1) is 0 Å². The van der Waals surface area contributed by atoms with Gasteiger partial charge < -0.3 is 21.0 Å². The van der Waals surface area contributed by atoms with Crippen LogP contribution >= 0.6 is 7.75 Å². The maximum Gasteiger partial charge on any atom is 0.403 e. The first kappa shape index (κ1) is 13.2. The second-order valence-corrected chi connectivity index (χ2v) is 3.43. The standard InChI is InChI=1S/C3H8NO5P.H3N/c1-4(2-3(5)6)10(7,8)9;/h2H2,1H3,(H,5,6)(H2,7,8,9);1H3. The van der Waals surface area contributed by atoms with E-state index in [-0.39, 0.29) is 6.15 Å². The summed E-state index contributed by atoms with van der Waals surface area (Å²) in [5, 5.41) is 8.06. The molecule has 0 aliphatic rings. The molecule has 0 saturated carbocycles. The van der Waals surface area contributed by atoms with E-state index < -0.39 is 20.3 Å². The molecule has 0 unspecified atom stereocenters. The van der Waals surface area contributed by atoms with Crippen LogP contribution in [0.15, 0.2) is 0 Å². The molecule has 0 aliphatic heterocycles. The topological polar surface area (TPSA) is 133 Å². The number of carbonyl (C=O) groups is 1. The van der Waals surface area contributed by atoms with Crippen molar-refractivity contribution in [2.75, 3.05) is 13.6 Å². The molecule has 0 fully saturated rings. The molecule has 0 amide bonds. The number of nitrogens with zero attached hydrogens (tertiary/aromatic N) is 1. The van der Waals surface area contributed by atoms with Crippen molar-refractivity contribution in [2.24, 2.45) is 0 Å². The molecule has 0 atom stereocenters. The minimum absolute atomic E-state index is 0. The van der Waals surface area contributed by atoms with Gasteiger partial charge in [0.05, 0.1) is 0 Å². The summed E-state index contributed by atoms with van der Waals surface area (Å²) in [7, 11) is -3.32. The van der Waals surface area contributed by atoms with Crippen LogP contribution in [0.1, 0.15) is 0 Å². The average Bonchev–Trinajstić information content (AvgIpc) is 1.60. The molecule has 11 heavy (non-hydrogen) atoms. The van der Waals surface area contributed by atoms with Gasteiger partial charge in [0, 0.05) is 0 Å². The van der Waals surface area contributed by atoms with Gasteiger partial charge in [-0.2, -0.15) is 0 Å². The van der Waals surface area contributed by atoms with E-state index in [0.29, 0.717) is 4.67 Å². The minimum atomic E-state index is -4.36. The van der Waals surface area contributed by atoms with Gasteiger partial charge in [-0.3, -0.25) is 4.79 Å². The van der Waals surface area contributed by atoms with Crippen LogP contribution in [0.4, 0.5) is 0 Å². The maximum absolute atomic E-state index is 10.2. The van der Waals surface area contributed by atoms with E-state index in [2.05, 4.69) is 0 Å². The van der Waals surface area contributed by atoms with Crippen LogP contribution in [-0.2, 0) is 9.36 Å². The van der Waals surface area contributed by atoms with Crippen LogP contribution < -0.4 is 6.15 Å². The SMILES string of the molecule is CN(CC(=O)O)P(=O)(O)O.N. The highest BCUT2D eigenvalue weighted by Gasteiger charge is 2.22. The van der Waals surface area contributed by atoms with Crippen molar-refractivity contribution >= 4 is 13.7 Å². The number of hydrogen-bond acceptors (Lipinski definition) is 3. The Kier molecular flexibility index (Phi) is 5.29. The Morgan fingerprint density at radius 3 is 2.00 bits per heavy atom. The second-order valence-electron chi connectivity index (χ2n) is 1.72. The highest BCUT2D eigenvalue weighted by Crippen LogP contribution is 2.37. The van der Waals surface area contributed by atoms with Gasteiger partial charge in [-0.1, -0.05) is 0 Å². The minimum Gasteiger partial charge on any atom is -0.480 e. The number of hydrogen-bond donors (Lipinski definition) is 4. The molecule has 8 heteroatoms. The summed E-state index contributed by atoms with van der Waals surface area (Å²) in [5.74, 6) is -1.27. The second kappa shape index (κ2) is 4.42. The van der Waals surface area contributed by atoms with Gasteiger partial charge in [-0.05, 0) is 7.05 Å². The third-order valence-electron chi connectivity index (χ3n) is 0.809. The highest BCUT2D eigenvalue weighted by molar-refractivity contribution is 7.49. The summed E-state index contributed by atoms with van der Waals surface area (Å²) < 4.78 is 10.7. The molecule has 0 saturated heterocycles. The summed E-state index contributed by atoms with van der Waals surface area (Å²) in [6, 6.07) is 0. The van der Waals surface area contributed by atoms with Crippen LogP contribution in [0.3, 0.4) is 0 Å². The number of aliphatic carboxylic acids is 1. The molecule has 7 nitrogen and oxygen atoms in total. The van der Waals surface area contributed by atoms with Gasteiger partial charge in [0.15, 0.2) is 0 Å². The van der Waals surface area contributed by atoms with Crippen molar-refractivity contribution < 1.29 is 24.3 Å². The van der Waals surface area contributed by atoms with E-state index in [9.17, 15) is 9.36 Å². The maximum atomic E-state index is 10.2. The van der Waals surface area contributed by atoms with E-state index >= 15 is 0 Å². The first-order chi connectivity index (χ1) is 4.34. The van der Waals surface area contributed by atoms with Crippen molar-refractivity contribution in [3.05, 3.63) is 0 Å². The van der Waals surface area contributed by atoms with Gasteiger partial charge >= 0.3 is 13.7 Å². The quantitative estimate of drug-likeness (QED) is 0.426. The third-order valence-corrected chi connectivity index (χ3v) is 1.84. The zero-order valence-corrected chi connectivity index (χ0v) is 6.86. The van der Waals surface area contributed by atoms with Gasteiger partial charge in [0.25, 0.3) is 0 Å². The van der Waals surface area contributed by atoms with Crippen LogP contribution in [0, 0.1) is 0 Å². The Morgan fingerprint density at radius 2 is 1.91 bits per heavy atom. The fourth-order valence-corrected chi connectivity index (χ4v) is 0.593. The summed E-state index contributed by atoms with van der Waals surface area (Å²) in [4.78, 5) is 26.5. The lowest BCUT2D eigenvalue weighted by Gasteiger charge is -2.14. The third kappa shape index (κ3) is 5.96. The fraction of sp³-hybridized carbons (Fsp3) is 0.667. The predicted octanol–water partition coefficient (Wildman–Crippen LogP) is -0.743. The largest absolute Gasteiger partial charge is 0.480 e. The highest BCUT2D eigenvalue weighted by atomic mass is 31.2.